The predicted octanol–water partition coefficient (Wildman–Crippen LogP) is 3.72. The molecule has 0 bridgehead atoms. The summed E-state index contributed by atoms with van der Waals surface area (Å²) < 4.78 is 0. The van der Waals surface area contributed by atoms with Gasteiger partial charge in [-0.05, 0) is 35.6 Å². The first kappa shape index (κ1) is 12.6. The fraction of sp³-hybridized carbons (Fsp3) is 0.176. The summed E-state index contributed by atoms with van der Waals surface area (Å²) in [6, 6.07) is 17.2. The van der Waals surface area contributed by atoms with Crippen molar-refractivity contribution in [3.8, 4) is 11.1 Å². The van der Waals surface area contributed by atoms with Crippen molar-refractivity contribution >= 4 is 0 Å². The lowest BCUT2D eigenvalue weighted by Gasteiger charge is -2.06. The highest BCUT2D eigenvalue weighted by molar-refractivity contribution is 5.67. The minimum atomic E-state index is 0.612. The molecule has 0 atom stereocenters. The maximum Gasteiger partial charge on any atom is 0.0106 e. The average Bonchev–Trinajstić information content (AvgIpc) is 2.41. The Balaban J connectivity index is 2.17. The van der Waals surface area contributed by atoms with Gasteiger partial charge >= 0.3 is 0 Å². The average molecular weight is 237 g/mol. The van der Waals surface area contributed by atoms with E-state index in [9.17, 15) is 0 Å². The van der Waals surface area contributed by atoms with Crippen LogP contribution in [0.5, 0.6) is 0 Å². The molecule has 0 aliphatic heterocycles. The van der Waals surface area contributed by atoms with Gasteiger partial charge in [-0.25, -0.2) is 0 Å². The van der Waals surface area contributed by atoms with Crippen molar-refractivity contribution in [3.05, 3.63) is 71.8 Å². The maximum absolute atomic E-state index is 5.42. The van der Waals surface area contributed by atoms with Crippen LogP contribution in [0.1, 0.15) is 11.1 Å². The number of benzene rings is 2. The molecule has 0 radical (unpaired) electrons. The first-order chi connectivity index (χ1) is 8.81. The molecule has 0 unspecified atom stereocenters. The van der Waals surface area contributed by atoms with Gasteiger partial charge < -0.3 is 5.73 Å². The third kappa shape index (κ3) is 3.08. The molecule has 1 nitrogen and oxygen atoms in total. The molecule has 0 saturated heterocycles. The van der Waals surface area contributed by atoms with E-state index in [-0.39, 0.29) is 0 Å². The van der Waals surface area contributed by atoms with E-state index in [1.807, 2.05) is 6.08 Å². The second-order valence-corrected chi connectivity index (χ2v) is 4.42. The standard InChI is InChI=1S/C17H19N/c1-14-6-2-3-8-17(14)16-11-9-15(10-12-16)7-4-5-13-18/h2-6,8-12H,7,13,18H2,1H3/b5-4-. The van der Waals surface area contributed by atoms with Crippen LogP contribution in [0.2, 0.25) is 0 Å². The van der Waals surface area contributed by atoms with Gasteiger partial charge in [0.05, 0.1) is 0 Å². The summed E-state index contributed by atoms with van der Waals surface area (Å²) in [4.78, 5) is 0. The molecular formula is C17H19N. The summed E-state index contributed by atoms with van der Waals surface area (Å²) in [5.41, 5.74) is 10.6. The Kier molecular flexibility index (Phi) is 4.32. The van der Waals surface area contributed by atoms with Gasteiger partial charge in [-0.15, -0.1) is 0 Å². The fourth-order valence-corrected chi connectivity index (χ4v) is 2.03. The first-order valence-corrected chi connectivity index (χ1v) is 6.31. The molecule has 0 heterocycles. The Hall–Kier alpha value is -1.86. The van der Waals surface area contributed by atoms with E-state index in [2.05, 4.69) is 61.5 Å². The zero-order valence-electron chi connectivity index (χ0n) is 10.8. The van der Waals surface area contributed by atoms with Crippen molar-refractivity contribution in [1.82, 2.24) is 0 Å². The fourth-order valence-electron chi connectivity index (χ4n) is 2.03. The lowest BCUT2D eigenvalue weighted by atomic mass is 9.99. The molecular weight excluding hydrogens is 218 g/mol. The van der Waals surface area contributed by atoms with Crippen molar-refractivity contribution in [2.45, 2.75) is 13.3 Å². The number of aryl methyl sites for hydroxylation is 1. The van der Waals surface area contributed by atoms with Crippen LogP contribution in [0, 0.1) is 6.92 Å². The summed E-state index contributed by atoms with van der Waals surface area (Å²) in [5.74, 6) is 0. The largest absolute Gasteiger partial charge is 0.327 e. The highest BCUT2D eigenvalue weighted by Crippen LogP contribution is 2.23. The molecule has 2 rings (SSSR count). The second kappa shape index (κ2) is 6.18. The molecule has 1 heteroatoms. The van der Waals surface area contributed by atoms with Gasteiger partial charge in [-0.1, -0.05) is 60.7 Å². The normalized spacial score (nSPS) is 11.0. The van der Waals surface area contributed by atoms with Crippen LogP contribution in [0.4, 0.5) is 0 Å². The van der Waals surface area contributed by atoms with Crippen LogP contribution in [-0.2, 0) is 6.42 Å². The van der Waals surface area contributed by atoms with Crippen LogP contribution < -0.4 is 5.73 Å². The molecule has 0 spiro atoms. The van der Waals surface area contributed by atoms with Crippen LogP contribution in [-0.4, -0.2) is 6.54 Å². The monoisotopic (exact) mass is 237 g/mol. The SMILES string of the molecule is Cc1ccccc1-c1ccc(C/C=C\CN)cc1. The van der Waals surface area contributed by atoms with E-state index in [1.165, 1.54) is 22.3 Å². The second-order valence-electron chi connectivity index (χ2n) is 4.42. The Labute approximate surface area is 109 Å². The lowest BCUT2D eigenvalue weighted by Crippen LogP contribution is -1.92. The molecule has 0 aromatic heterocycles. The molecule has 0 aliphatic carbocycles. The number of hydrogen-bond acceptors (Lipinski definition) is 1. The van der Waals surface area contributed by atoms with Gasteiger partial charge in [-0.2, -0.15) is 0 Å². The van der Waals surface area contributed by atoms with E-state index < -0.39 is 0 Å². The molecule has 0 saturated carbocycles. The minimum Gasteiger partial charge on any atom is -0.327 e. The molecule has 0 aliphatic rings. The third-order valence-corrected chi connectivity index (χ3v) is 3.07. The van der Waals surface area contributed by atoms with Gasteiger partial charge in [0.25, 0.3) is 0 Å². The molecule has 2 N–H and O–H groups in total. The van der Waals surface area contributed by atoms with Gasteiger partial charge in [0.1, 0.15) is 0 Å². The van der Waals surface area contributed by atoms with E-state index in [4.69, 9.17) is 5.73 Å². The van der Waals surface area contributed by atoms with Gasteiger partial charge in [0.2, 0.25) is 0 Å². The first-order valence-electron chi connectivity index (χ1n) is 6.31. The number of hydrogen-bond donors (Lipinski definition) is 1. The number of allylic oxidation sites excluding steroid dienone is 1. The smallest absolute Gasteiger partial charge is 0.0106 e. The molecule has 2 aromatic carbocycles. The molecule has 0 amide bonds. The topological polar surface area (TPSA) is 26.0 Å². The van der Waals surface area contributed by atoms with Crippen molar-refractivity contribution in [2.75, 3.05) is 6.54 Å². The summed E-state index contributed by atoms with van der Waals surface area (Å²) in [7, 11) is 0. The highest BCUT2D eigenvalue weighted by Gasteiger charge is 2.00. The third-order valence-electron chi connectivity index (χ3n) is 3.07. The predicted molar refractivity (Wildman–Crippen MR) is 78.5 cm³/mol. The summed E-state index contributed by atoms with van der Waals surface area (Å²) in [6.07, 6.45) is 5.06. The van der Waals surface area contributed by atoms with Crippen molar-refractivity contribution < 1.29 is 0 Å². The quantitative estimate of drug-likeness (QED) is 0.806. The van der Waals surface area contributed by atoms with Crippen molar-refractivity contribution in [2.24, 2.45) is 5.73 Å². The van der Waals surface area contributed by atoms with Crippen LogP contribution in [0.25, 0.3) is 11.1 Å². The van der Waals surface area contributed by atoms with E-state index in [0.717, 1.165) is 6.42 Å². The molecule has 92 valence electrons. The zero-order chi connectivity index (χ0) is 12.8. The van der Waals surface area contributed by atoms with E-state index >= 15 is 0 Å². The Morgan fingerprint density at radius 2 is 1.67 bits per heavy atom. The summed E-state index contributed by atoms with van der Waals surface area (Å²) in [6.45, 7) is 2.76. The molecule has 18 heavy (non-hydrogen) atoms. The van der Waals surface area contributed by atoms with Crippen molar-refractivity contribution in [3.63, 3.8) is 0 Å². The van der Waals surface area contributed by atoms with Gasteiger partial charge in [0, 0.05) is 6.54 Å². The Morgan fingerprint density at radius 1 is 0.944 bits per heavy atom. The van der Waals surface area contributed by atoms with Crippen LogP contribution in [0.15, 0.2) is 60.7 Å². The van der Waals surface area contributed by atoms with Gasteiger partial charge in [0.15, 0.2) is 0 Å². The molecule has 0 fully saturated rings. The van der Waals surface area contributed by atoms with Crippen molar-refractivity contribution in [1.29, 1.82) is 0 Å². The van der Waals surface area contributed by atoms with Crippen LogP contribution >= 0.6 is 0 Å². The summed E-state index contributed by atoms with van der Waals surface area (Å²) >= 11 is 0. The Morgan fingerprint density at radius 3 is 2.33 bits per heavy atom. The minimum absolute atomic E-state index is 0.612. The zero-order valence-corrected chi connectivity index (χ0v) is 10.8. The molecule has 2 aromatic rings. The van der Waals surface area contributed by atoms with E-state index in [1.54, 1.807) is 0 Å². The summed E-state index contributed by atoms with van der Waals surface area (Å²) in [5, 5.41) is 0. The van der Waals surface area contributed by atoms with Gasteiger partial charge in [-0.3, -0.25) is 0 Å². The number of nitrogens with two attached hydrogens (primary N) is 1. The van der Waals surface area contributed by atoms with Crippen LogP contribution in [0.3, 0.4) is 0 Å². The van der Waals surface area contributed by atoms with E-state index in [0.29, 0.717) is 6.54 Å². The number of rotatable bonds is 4. The lowest BCUT2D eigenvalue weighted by molar-refractivity contribution is 1.20. The maximum atomic E-state index is 5.42. The Bertz CT molecular complexity index is 524. The highest BCUT2D eigenvalue weighted by atomic mass is 14.5.